The van der Waals surface area contributed by atoms with Crippen molar-refractivity contribution in [3.8, 4) is 0 Å². The molecule has 2 unspecified atom stereocenters. The fraction of sp³-hybridized carbons (Fsp3) is 0.786. The molecule has 1 N–H and O–H groups in total. The van der Waals surface area contributed by atoms with E-state index in [1.807, 2.05) is 32.4 Å². The Morgan fingerprint density at radius 1 is 1.48 bits per heavy atom. The Bertz CT molecular complexity index is 582. The number of nitrogens with zero attached hydrogens (tertiary/aromatic N) is 3. The van der Waals surface area contributed by atoms with Crippen LogP contribution in [0.4, 0.5) is 0 Å². The van der Waals surface area contributed by atoms with Crippen molar-refractivity contribution in [2.45, 2.75) is 63.7 Å². The lowest BCUT2D eigenvalue weighted by molar-refractivity contribution is 0.213. The number of aryl methyl sites for hydroxylation is 2. The lowest BCUT2D eigenvalue weighted by Gasteiger charge is -2.37. The summed E-state index contributed by atoms with van der Waals surface area (Å²) in [6.45, 7) is 7.17. The fourth-order valence-corrected chi connectivity index (χ4v) is 4.73. The van der Waals surface area contributed by atoms with Crippen LogP contribution in [-0.4, -0.2) is 48.0 Å². The monoisotopic (exact) mass is 314 g/mol. The van der Waals surface area contributed by atoms with Crippen LogP contribution in [-0.2, 0) is 16.6 Å². The van der Waals surface area contributed by atoms with Crippen LogP contribution in [0.1, 0.15) is 38.9 Å². The third-order valence-electron chi connectivity index (χ3n) is 4.40. The van der Waals surface area contributed by atoms with Gasteiger partial charge in [0.1, 0.15) is 5.82 Å². The zero-order chi connectivity index (χ0) is 15.6. The van der Waals surface area contributed by atoms with Crippen molar-refractivity contribution < 1.29 is 8.42 Å². The lowest BCUT2D eigenvalue weighted by Crippen LogP contribution is -2.52. The van der Waals surface area contributed by atoms with Gasteiger partial charge in [-0.25, -0.2) is 13.4 Å². The van der Waals surface area contributed by atoms with Gasteiger partial charge in [0.25, 0.3) is 10.0 Å². The predicted octanol–water partition coefficient (Wildman–Crippen LogP) is 1.36. The highest BCUT2D eigenvalue weighted by molar-refractivity contribution is 7.89. The van der Waals surface area contributed by atoms with Crippen LogP contribution in [0.3, 0.4) is 0 Å². The van der Waals surface area contributed by atoms with Crippen LogP contribution in [0.25, 0.3) is 0 Å². The maximum atomic E-state index is 12.9. The molecule has 0 radical (unpaired) electrons. The number of nitrogens with one attached hydrogen (secondary N) is 1. The van der Waals surface area contributed by atoms with Gasteiger partial charge >= 0.3 is 0 Å². The molecule has 0 saturated carbocycles. The van der Waals surface area contributed by atoms with Gasteiger partial charge in [0, 0.05) is 31.4 Å². The second-order valence-electron chi connectivity index (χ2n) is 5.67. The van der Waals surface area contributed by atoms with Gasteiger partial charge in [-0.3, -0.25) is 0 Å². The molecule has 0 spiro atoms. The molecule has 1 aliphatic heterocycles. The molecule has 21 heavy (non-hydrogen) atoms. The molecule has 120 valence electrons. The molecule has 1 aromatic rings. The summed E-state index contributed by atoms with van der Waals surface area (Å²) in [5.74, 6) is 0.742. The summed E-state index contributed by atoms with van der Waals surface area (Å²) in [6.07, 6.45) is 4.54. The zero-order valence-electron chi connectivity index (χ0n) is 13.3. The van der Waals surface area contributed by atoms with Crippen molar-refractivity contribution in [2.75, 3.05) is 13.6 Å². The summed E-state index contributed by atoms with van der Waals surface area (Å²) < 4.78 is 29.4. The number of rotatable bonds is 5. The van der Waals surface area contributed by atoms with Gasteiger partial charge in [0.15, 0.2) is 5.03 Å². The van der Waals surface area contributed by atoms with Gasteiger partial charge in [-0.2, -0.15) is 4.31 Å². The summed E-state index contributed by atoms with van der Waals surface area (Å²) in [7, 11) is -1.64. The largest absolute Gasteiger partial charge is 0.334 e. The summed E-state index contributed by atoms with van der Waals surface area (Å²) >= 11 is 0. The molecule has 6 nitrogen and oxygen atoms in total. The Balaban J connectivity index is 2.35. The van der Waals surface area contributed by atoms with E-state index in [2.05, 4.69) is 10.3 Å². The fourth-order valence-electron chi connectivity index (χ4n) is 2.96. The van der Waals surface area contributed by atoms with Gasteiger partial charge < -0.3 is 9.88 Å². The first-order valence-corrected chi connectivity index (χ1v) is 9.08. The van der Waals surface area contributed by atoms with E-state index in [1.165, 1.54) is 0 Å². The molecule has 2 rings (SSSR count). The molecule has 0 aliphatic carbocycles. The maximum Gasteiger partial charge on any atom is 0.262 e. The maximum absolute atomic E-state index is 12.9. The highest BCUT2D eigenvalue weighted by atomic mass is 32.2. The molecule has 1 aromatic heterocycles. The van der Waals surface area contributed by atoms with Crippen LogP contribution in [0.2, 0.25) is 0 Å². The first-order chi connectivity index (χ1) is 9.91. The highest BCUT2D eigenvalue weighted by Gasteiger charge is 2.37. The van der Waals surface area contributed by atoms with E-state index in [0.29, 0.717) is 6.54 Å². The van der Waals surface area contributed by atoms with Gasteiger partial charge in [0.2, 0.25) is 0 Å². The summed E-state index contributed by atoms with van der Waals surface area (Å²) in [4.78, 5) is 4.26. The summed E-state index contributed by atoms with van der Waals surface area (Å²) in [6, 6.07) is 0.135. The molecule has 1 aliphatic rings. The minimum atomic E-state index is -3.52. The molecular weight excluding hydrogens is 288 g/mol. The average Bonchev–Trinajstić information content (AvgIpc) is 2.88. The van der Waals surface area contributed by atoms with Gasteiger partial charge in [-0.15, -0.1) is 0 Å². The Morgan fingerprint density at radius 2 is 2.19 bits per heavy atom. The Labute approximate surface area is 127 Å². The molecule has 7 heteroatoms. The third-order valence-corrected chi connectivity index (χ3v) is 6.19. The Kier molecular flexibility index (Phi) is 5.06. The van der Waals surface area contributed by atoms with Crippen LogP contribution in [0, 0.1) is 6.92 Å². The predicted molar refractivity (Wildman–Crippen MR) is 82.7 cm³/mol. The van der Waals surface area contributed by atoms with Gasteiger partial charge in [-0.05, 0) is 40.7 Å². The number of hydrogen-bond donors (Lipinski definition) is 1. The second-order valence-corrected chi connectivity index (χ2v) is 7.51. The normalized spacial score (nSPS) is 22.4. The van der Waals surface area contributed by atoms with Crippen LogP contribution < -0.4 is 5.32 Å². The molecule has 0 amide bonds. The molecule has 1 saturated heterocycles. The van der Waals surface area contributed by atoms with E-state index in [1.54, 1.807) is 10.5 Å². The molecule has 0 bridgehead atoms. The van der Waals surface area contributed by atoms with E-state index in [-0.39, 0.29) is 17.1 Å². The average molecular weight is 314 g/mol. The molecule has 2 atom stereocenters. The van der Waals surface area contributed by atoms with Crippen molar-refractivity contribution in [1.82, 2.24) is 19.2 Å². The van der Waals surface area contributed by atoms with Gasteiger partial charge in [-0.1, -0.05) is 6.42 Å². The van der Waals surface area contributed by atoms with Crippen molar-refractivity contribution in [3.05, 3.63) is 12.0 Å². The first-order valence-electron chi connectivity index (χ1n) is 7.64. The van der Waals surface area contributed by atoms with Crippen LogP contribution in [0.15, 0.2) is 11.2 Å². The Morgan fingerprint density at radius 3 is 2.76 bits per heavy atom. The number of imidazole rings is 1. The minimum absolute atomic E-state index is 0.000771. The first kappa shape index (κ1) is 16.5. The Hall–Kier alpha value is -0.920. The number of hydrogen-bond acceptors (Lipinski definition) is 4. The number of piperidine rings is 1. The third kappa shape index (κ3) is 3.14. The molecule has 0 aromatic carbocycles. The summed E-state index contributed by atoms with van der Waals surface area (Å²) in [5, 5.41) is 3.36. The van der Waals surface area contributed by atoms with E-state index in [0.717, 1.165) is 31.6 Å². The van der Waals surface area contributed by atoms with Gasteiger partial charge in [0.05, 0.1) is 0 Å². The summed E-state index contributed by atoms with van der Waals surface area (Å²) in [5.41, 5.74) is 0. The molecule has 1 fully saturated rings. The quantitative estimate of drug-likeness (QED) is 0.891. The smallest absolute Gasteiger partial charge is 0.262 e. The number of sulfonamides is 1. The number of aromatic nitrogens is 2. The molecule has 2 heterocycles. The second kappa shape index (κ2) is 6.46. The van der Waals surface area contributed by atoms with E-state index < -0.39 is 10.0 Å². The van der Waals surface area contributed by atoms with Crippen molar-refractivity contribution in [2.24, 2.45) is 0 Å². The van der Waals surface area contributed by atoms with Crippen molar-refractivity contribution >= 4 is 10.0 Å². The van der Waals surface area contributed by atoms with Crippen LogP contribution >= 0.6 is 0 Å². The topological polar surface area (TPSA) is 67.2 Å². The standard InChI is InChI=1S/C14H26N4O2S/c1-5-17-10-14(16-12(17)3)21(19,20)18-9-7-6-8-13(18)11(2)15-4/h10-11,13,15H,5-9H2,1-4H3. The molecular formula is C14H26N4O2S. The number of likely N-dealkylation sites (N-methyl/N-ethyl adjacent to an activating group) is 1. The van der Waals surface area contributed by atoms with E-state index in [9.17, 15) is 8.42 Å². The SMILES string of the molecule is CCn1cc(S(=O)(=O)N2CCCCC2C(C)NC)nc1C. The van der Waals surface area contributed by atoms with Crippen LogP contribution in [0.5, 0.6) is 0 Å². The van der Waals surface area contributed by atoms with E-state index >= 15 is 0 Å². The zero-order valence-corrected chi connectivity index (χ0v) is 14.2. The minimum Gasteiger partial charge on any atom is -0.334 e. The van der Waals surface area contributed by atoms with Crippen molar-refractivity contribution in [1.29, 1.82) is 0 Å². The van der Waals surface area contributed by atoms with Crippen molar-refractivity contribution in [3.63, 3.8) is 0 Å². The van der Waals surface area contributed by atoms with E-state index in [4.69, 9.17) is 0 Å². The highest BCUT2D eigenvalue weighted by Crippen LogP contribution is 2.26. The lowest BCUT2D eigenvalue weighted by atomic mass is 9.99.